The van der Waals surface area contributed by atoms with Crippen LogP contribution in [0, 0.1) is 0 Å². The van der Waals surface area contributed by atoms with E-state index in [9.17, 15) is 0 Å². The predicted molar refractivity (Wildman–Crippen MR) is 38.8 cm³/mol. The number of hydrogen-bond acceptors (Lipinski definition) is 1. The monoisotopic (exact) mass is 206 g/mol. The fourth-order valence-electron chi connectivity index (χ4n) is 0.357. The van der Waals surface area contributed by atoms with Crippen molar-refractivity contribution in [2.45, 2.75) is 0 Å². The molecule has 0 fully saturated rings. The number of aromatic nitrogens is 2. The molecule has 0 bridgehead atoms. The molecule has 36 valence electrons. The number of imidazole rings is 1. The van der Waals surface area contributed by atoms with Crippen molar-refractivity contribution in [1.29, 1.82) is 0 Å². The van der Waals surface area contributed by atoms with Crippen LogP contribution in [0.4, 0.5) is 0 Å². The first-order valence-corrected chi connectivity index (χ1v) is 3.48. The summed E-state index contributed by atoms with van der Waals surface area (Å²) in [4.78, 5) is 3.85. The maximum atomic E-state index is 3.85. The SMILES string of the molecule is IBn1ccnc1. The normalized spacial score (nSPS) is 8.71. The first-order chi connectivity index (χ1) is 3.43. The van der Waals surface area contributed by atoms with Crippen LogP contribution in [0.1, 0.15) is 0 Å². The molecule has 0 radical (unpaired) electrons. The Morgan fingerprint density at radius 3 is 2.86 bits per heavy atom. The van der Waals surface area contributed by atoms with E-state index in [2.05, 4.69) is 27.4 Å². The Bertz CT molecular complexity index is 127. The summed E-state index contributed by atoms with van der Waals surface area (Å²) >= 11 is 2.27. The standard InChI is InChI=1S/C3H4BIN2/c5-4-7-2-1-6-3-7/h1-4H. The van der Waals surface area contributed by atoms with E-state index in [1.807, 2.05) is 10.7 Å². The smallest absolute Gasteiger partial charge is 0.314 e. The van der Waals surface area contributed by atoms with Crippen LogP contribution in [0.3, 0.4) is 0 Å². The van der Waals surface area contributed by atoms with Crippen LogP contribution in [0.15, 0.2) is 18.7 Å². The Hall–Kier alpha value is 0.00494. The maximum absolute atomic E-state index is 3.85. The molecule has 4 heteroatoms. The first kappa shape index (κ1) is 5.15. The summed E-state index contributed by atoms with van der Waals surface area (Å²) < 4.78 is 2.00. The minimum absolute atomic E-state index is 0.984. The highest BCUT2D eigenvalue weighted by Crippen LogP contribution is 1.83. The molecule has 7 heavy (non-hydrogen) atoms. The lowest BCUT2D eigenvalue weighted by molar-refractivity contribution is 1.21. The molecule has 0 aliphatic carbocycles. The molecule has 0 saturated heterocycles. The molecule has 1 aromatic rings. The summed E-state index contributed by atoms with van der Waals surface area (Å²) in [6, 6.07) is 0. The van der Waals surface area contributed by atoms with Gasteiger partial charge >= 0.3 is 5.27 Å². The minimum Gasteiger partial charge on any atom is -0.375 e. The third kappa shape index (κ3) is 1.19. The maximum Gasteiger partial charge on any atom is 0.314 e. The van der Waals surface area contributed by atoms with Gasteiger partial charge < -0.3 is 4.48 Å². The number of nitrogens with zero attached hydrogens (tertiary/aromatic N) is 2. The van der Waals surface area contributed by atoms with Crippen LogP contribution >= 0.6 is 22.4 Å². The fourth-order valence-corrected chi connectivity index (χ4v) is 0.761. The molecule has 0 aliphatic rings. The molecule has 1 rings (SSSR count). The molecule has 1 aromatic heterocycles. The van der Waals surface area contributed by atoms with E-state index in [4.69, 9.17) is 0 Å². The minimum atomic E-state index is 0.984. The lowest BCUT2D eigenvalue weighted by atomic mass is 10.4. The lowest BCUT2D eigenvalue weighted by Crippen LogP contribution is -1.91. The first-order valence-electron chi connectivity index (χ1n) is 1.95. The van der Waals surface area contributed by atoms with E-state index < -0.39 is 0 Å². The third-order valence-electron chi connectivity index (χ3n) is 0.697. The van der Waals surface area contributed by atoms with Gasteiger partial charge in [-0.3, -0.25) is 0 Å². The van der Waals surface area contributed by atoms with Gasteiger partial charge in [0.1, 0.15) is 0 Å². The Balaban J connectivity index is 2.76. The molecular weight excluding hydrogens is 202 g/mol. The number of hydrogen-bond donors (Lipinski definition) is 0. The van der Waals surface area contributed by atoms with Crippen molar-refractivity contribution < 1.29 is 0 Å². The van der Waals surface area contributed by atoms with Crippen molar-refractivity contribution >= 4 is 27.6 Å². The van der Waals surface area contributed by atoms with Crippen LogP contribution in [-0.2, 0) is 0 Å². The zero-order chi connectivity index (χ0) is 5.11. The second-order valence-electron chi connectivity index (χ2n) is 1.20. The predicted octanol–water partition coefficient (Wildman–Crippen LogP) is 0.433. The molecule has 0 saturated carbocycles. The van der Waals surface area contributed by atoms with E-state index in [0.717, 1.165) is 5.27 Å². The fraction of sp³-hybridized carbons (Fsp3) is 0. The molecule has 1 heterocycles. The van der Waals surface area contributed by atoms with Crippen LogP contribution in [0.25, 0.3) is 0 Å². The van der Waals surface area contributed by atoms with E-state index in [0.29, 0.717) is 0 Å². The average Bonchev–Trinajstić information content (AvgIpc) is 2.14. The summed E-state index contributed by atoms with van der Waals surface area (Å²) in [5.41, 5.74) is 0. The number of halogens is 1. The highest BCUT2D eigenvalue weighted by Gasteiger charge is 1.81. The molecule has 0 aromatic carbocycles. The van der Waals surface area contributed by atoms with E-state index in [1.165, 1.54) is 0 Å². The Morgan fingerprint density at radius 1 is 1.71 bits per heavy atom. The van der Waals surface area contributed by atoms with Gasteiger partial charge in [0.15, 0.2) is 0 Å². The second-order valence-corrected chi connectivity index (χ2v) is 1.88. The second kappa shape index (κ2) is 2.35. The van der Waals surface area contributed by atoms with Gasteiger partial charge in [-0.25, -0.2) is 4.98 Å². The van der Waals surface area contributed by atoms with Gasteiger partial charge in [0.25, 0.3) is 0 Å². The molecule has 0 spiro atoms. The van der Waals surface area contributed by atoms with E-state index in [1.54, 1.807) is 12.5 Å². The van der Waals surface area contributed by atoms with Crippen molar-refractivity contribution in [2.24, 2.45) is 0 Å². The van der Waals surface area contributed by atoms with Crippen LogP contribution in [0.5, 0.6) is 0 Å². The highest BCUT2D eigenvalue weighted by molar-refractivity contribution is 14.1. The van der Waals surface area contributed by atoms with E-state index in [-0.39, 0.29) is 0 Å². The van der Waals surface area contributed by atoms with Crippen molar-refractivity contribution in [3.8, 4) is 0 Å². The summed E-state index contributed by atoms with van der Waals surface area (Å²) in [5.74, 6) is 0. The molecule has 2 nitrogen and oxygen atoms in total. The van der Waals surface area contributed by atoms with E-state index >= 15 is 0 Å². The summed E-state index contributed by atoms with van der Waals surface area (Å²) in [6.45, 7) is 0. The van der Waals surface area contributed by atoms with Crippen LogP contribution in [-0.4, -0.2) is 14.7 Å². The Morgan fingerprint density at radius 2 is 2.57 bits per heavy atom. The summed E-state index contributed by atoms with van der Waals surface area (Å²) in [7, 11) is 0. The lowest BCUT2D eigenvalue weighted by Gasteiger charge is -1.84. The summed E-state index contributed by atoms with van der Waals surface area (Å²) in [6.07, 6.45) is 5.51. The zero-order valence-electron chi connectivity index (χ0n) is 3.71. The average molecular weight is 206 g/mol. The molecule has 0 amide bonds. The van der Waals surface area contributed by atoms with Gasteiger partial charge in [-0.15, -0.1) is 22.4 Å². The third-order valence-corrected chi connectivity index (χ3v) is 1.49. The Labute approximate surface area is 56.1 Å². The van der Waals surface area contributed by atoms with Gasteiger partial charge in [0, 0.05) is 12.4 Å². The topological polar surface area (TPSA) is 17.8 Å². The number of rotatable bonds is 1. The largest absolute Gasteiger partial charge is 0.375 e. The molecule has 0 aliphatic heterocycles. The van der Waals surface area contributed by atoms with Crippen LogP contribution < -0.4 is 0 Å². The molecule has 0 atom stereocenters. The van der Waals surface area contributed by atoms with Gasteiger partial charge in [-0.2, -0.15) is 0 Å². The quantitative estimate of drug-likeness (QED) is 0.481. The molecule has 0 unspecified atom stereocenters. The van der Waals surface area contributed by atoms with Gasteiger partial charge in [0.2, 0.25) is 0 Å². The molecule has 0 N–H and O–H groups in total. The van der Waals surface area contributed by atoms with Crippen molar-refractivity contribution in [2.75, 3.05) is 0 Å². The Kier molecular flexibility index (Phi) is 1.73. The molecular formula is C3H4BIN2. The van der Waals surface area contributed by atoms with Gasteiger partial charge in [-0.05, 0) is 0 Å². The zero-order valence-corrected chi connectivity index (χ0v) is 5.87. The van der Waals surface area contributed by atoms with Crippen molar-refractivity contribution in [3.63, 3.8) is 0 Å². The van der Waals surface area contributed by atoms with Crippen molar-refractivity contribution in [1.82, 2.24) is 9.46 Å². The van der Waals surface area contributed by atoms with Crippen LogP contribution in [0.2, 0.25) is 0 Å². The summed E-state index contributed by atoms with van der Waals surface area (Å²) in [5, 5.41) is 0.984. The van der Waals surface area contributed by atoms with Crippen molar-refractivity contribution in [3.05, 3.63) is 18.7 Å². The van der Waals surface area contributed by atoms with Gasteiger partial charge in [0.05, 0.1) is 6.33 Å². The van der Waals surface area contributed by atoms with Gasteiger partial charge in [-0.1, -0.05) is 0 Å². The highest BCUT2D eigenvalue weighted by atomic mass is 127.